The van der Waals surface area contributed by atoms with Crippen LogP contribution in [0.15, 0.2) is 53.5 Å². The zero-order chi connectivity index (χ0) is 27.4. The zero-order valence-corrected chi connectivity index (χ0v) is 21.1. The molecule has 0 spiro atoms. The van der Waals surface area contributed by atoms with Gasteiger partial charge in [-0.2, -0.15) is 5.10 Å². The molecule has 3 aromatic rings. The lowest BCUT2D eigenvalue weighted by molar-refractivity contribution is -0.143. The summed E-state index contributed by atoms with van der Waals surface area (Å²) < 4.78 is 51.0. The lowest BCUT2D eigenvalue weighted by Gasteiger charge is -2.42. The Bertz CT molecular complexity index is 1500. The fourth-order valence-corrected chi connectivity index (χ4v) is 5.30. The van der Waals surface area contributed by atoms with Gasteiger partial charge < -0.3 is 9.64 Å². The highest BCUT2D eigenvalue weighted by molar-refractivity contribution is 5.97. The van der Waals surface area contributed by atoms with Crippen LogP contribution >= 0.6 is 0 Å². The molecule has 3 atom stereocenters. The van der Waals surface area contributed by atoms with Gasteiger partial charge in [-0.25, -0.2) is 17.9 Å². The second-order valence-corrected chi connectivity index (χ2v) is 10.6. The Balaban J connectivity index is 1.79. The van der Waals surface area contributed by atoms with Crippen LogP contribution in [0.1, 0.15) is 67.2 Å². The number of hydrogen-bond donors (Lipinski definition) is 0. The van der Waals surface area contributed by atoms with Gasteiger partial charge in [0.2, 0.25) is 11.2 Å². The first kappa shape index (κ1) is 25.7. The van der Waals surface area contributed by atoms with Crippen molar-refractivity contribution >= 4 is 11.9 Å². The maximum atomic E-state index is 15.3. The number of hydrogen-bond acceptors (Lipinski definition) is 5. The molecule has 0 bridgehead atoms. The molecule has 0 radical (unpaired) electrons. The molecule has 1 amide bonds. The minimum Gasteiger partial charge on any atom is -0.419 e. The number of benzene rings is 2. The molecule has 0 unspecified atom stereocenters. The van der Waals surface area contributed by atoms with E-state index in [0.717, 1.165) is 12.3 Å². The molecule has 1 fully saturated rings. The second-order valence-electron chi connectivity index (χ2n) is 10.6. The van der Waals surface area contributed by atoms with Crippen molar-refractivity contribution in [1.29, 1.82) is 0 Å². The normalized spacial score (nSPS) is 19.6. The average molecular weight is 526 g/mol. The molecule has 7 nitrogen and oxygen atoms in total. The van der Waals surface area contributed by atoms with E-state index >= 15 is 4.39 Å². The fourth-order valence-electron chi connectivity index (χ4n) is 5.30. The van der Waals surface area contributed by atoms with E-state index in [2.05, 4.69) is 5.10 Å². The van der Waals surface area contributed by atoms with E-state index in [0.29, 0.717) is 24.9 Å². The Kier molecular flexibility index (Phi) is 6.36. The molecular formula is C28H26F3N3O4. The largest absolute Gasteiger partial charge is 0.419 e. The van der Waals surface area contributed by atoms with Crippen LogP contribution in [-0.4, -0.2) is 39.1 Å². The van der Waals surface area contributed by atoms with E-state index in [1.165, 1.54) is 35.0 Å². The van der Waals surface area contributed by atoms with Gasteiger partial charge in [0.05, 0.1) is 23.7 Å². The molecule has 10 heteroatoms. The number of ether oxygens (including phenoxy) is 1. The third-order valence-corrected chi connectivity index (χ3v) is 7.08. The van der Waals surface area contributed by atoms with Gasteiger partial charge in [0.25, 0.3) is 5.91 Å². The molecule has 2 aliphatic heterocycles. The number of carbonyl (C=O) groups excluding carboxylic acids is 2. The molecule has 2 aromatic carbocycles. The van der Waals surface area contributed by atoms with Gasteiger partial charge in [-0.05, 0) is 57.4 Å². The topological polar surface area (TPSA) is 81.5 Å². The van der Waals surface area contributed by atoms with Crippen molar-refractivity contribution < 1.29 is 27.5 Å². The number of halogens is 3. The van der Waals surface area contributed by atoms with Crippen molar-refractivity contribution in [3.63, 3.8) is 0 Å². The number of rotatable bonds is 4. The van der Waals surface area contributed by atoms with Gasteiger partial charge in [-0.1, -0.05) is 24.3 Å². The molecule has 3 heterocycles. The molecule has 0 saturated carbocycles. The number of fused-ring (bicyclic) bond motifs is 2. The summed E-state index contributed by atoms with van der Waals surface area (Å²) in [4.78, 5) is 40.8. The SMILES string of the molecule is CC(C)(C)C(=O)Oc1c2n(ncc1=O)[C@@H]([C@H](c1cccc(F)c1)c1cccc(F)c1F)[C@H]1CCCN1C2=O. The Morgan fingerprint density at radius 1 is 1.11 bits per heavy atom. The first-order valence-electron chi connectivity index (χ1n) is 12.3. The van der Waals surface area contributed by atoms with Crippen LogP contribution in [0.4, 0.5) is 13.2 Å². The maximum absolute atomic E-state index is 15.3. The molecule has 38 heavy (non-hydrogen) atoms. The van der Waals surface area contributed by atoms with Gasteiger partial charge in [-0.3, -0.25) is 14.4 Å². The number of aromatic nitrogens is 2. The summed E-state index contributed by atoms with van der Waals surface area (Å²) in [5, 5.41) is 4.24. The Labute approximate surface area is 216 Å². The van der Waals surface area contributed by atoms with E-state index < -0.39 is 63.9 Å². The molecular weight excluding hydrogens is 499 g/mol. The molecule has 0 N–H and O–H groups in total. The van der Waals surface area contributed by atoms with Crippen LogP contribution in [0.25, 0.3) is 0 Å². The second kappa shape index (κ2) is 9.41. The summed E-state index contributed by atoms with van der Waals surface area (Å²) in [7, 11) is 0. The summed E-state index contributed by atoms with van der Waals surface area (Å²) in [6, 6.07) is 7.89. The van der Waals surface area contributed by atoms with Crippen molar-refractivity contribution in [3.8, 4) is 5.75 Å². The highest BCUT2D eigenvalue weighted by Crippen LogP contribution is 2.46. The number of esters is 1. The van der Waals surface area contributed by atoms with Crippen LogP contribution in [-0.2, 0) is 4.79 Å². The van der Waals surface area contributed by atoms with Crippen LogP contribution in [0.2, 0.25) is 0 Å². The Hall–Kier alpha value is -3.95. The van der Waals surface area contributed by atoms with Crippen LogP contribution in [0.5, 0.6) is 5.75 Å². The van der Waals surface area contributed by atoms with Crippen molar-refractivity contribution in [3.05, 3.63) is 93.2 Å². The predicted molar refractivity (Wildman–Crippen MR) is 131 cm³/mol. The Morgan fingerprint density at radius 3 is 2.55 bits per heavy atom. The van der Waals surface area contributed by atoms with E-state index in [4.69, 9.17) is 4.74 Å². The first-order valence-corrected chi connectivity index (χ1v) is 12.3. The molecule has 198 valence electrons. The fraction of sp³-hybridized carbons (Fsp3) is 0.357. The smallest absolute Gasteiger partial charge is 0.316 e. The van der Waals surface area contributed by atoms with E-state index in [1.54, 1.807) is 31.7 Å². The lowest BCUT2D eigenvalue weighted by atomic mass is 9.79. The molecule has 5 rings (SSSR count). The van der Waals surface area contributed by atoms with Crippen LogP contribution < -0.4 is 10.2 Å². The van der Waals surface area contributed by atoms with Crippen molar-refractivity contribution in [1.82, 2.24) is 14.7 Å². The molecule has 1 aromatic heterocycles. The van der Waals surface area contributed by atoms with Crippen molar-refractivity contribution in [2.75, 3.05) is 6.54 Å². The van der Waals surface area contributed by atoms with E-state index in [1.807, 2.05) is 0 Å². The summed E-state index contributed by atoms with van der Waals surface area (Å²) in [5.41, 5.74) is -1.72. The highest BCUT2D eigenvalue weighted by Gasteiger charge is 2.49. The Morgan fingerprint density at radius 2 is 1.84 bits per heavy atom. The summed E-state index contributed by atoms with van der Waals surface area (Å²) in [6.45, 7) is 5.16. The predicted octanol–water partition coefficient (Wildman–Crippen LogP) is 4.60. The van der Waals surface area contributed by atoms with Crippen LogP contribution in [0, 0.1) is 22.9 Å². The summed E-state index contributed by atoms with van der Waals surface area (Å²) in [5.74, 6) is -5.51. The maximum Gasteiger partial charge on any atom is 0.316 e. The summed E-state index contributed by atoms with van der Waals surface area (Å²) >= 11 is 0. The van der Waals surface area contributed by atoms with Crippen molar-refractivity contribution in [2.24, 2.45) is 5.41 Å². The molecule has 0 aliphatic carbocycles. The minimum atomic E-state index is -1.11. The molecule has 2 aliphatic rings. The van der Waals surface area contributed by atoms with Gasteiger partial charge in [0.1, 0.15) is 5.82 Å². The number of nitrogens with zero attached hydrogens (tertiary/aromatic N) is 3. The van der Waals surface area contributed by atoms with E-state index in [9.17, 15) is 23.2 Å². The lowest BCUT2D eigenvalue weighted by Crippen LogP contribution is -2.51. The van der Waals surface area contributed by atoms with Crippen LogP contribution in [0.3, 0.4) is 0 Å². The van der Waals surface area contributed by atoms with Gasteiger partial charge in [0, 0.05) is 18.0 Å². The van der Waals surface area contributed by atoms with Gasteiger partial charge in [-0.15, -0.1) is 0 Å². The third kappa shape index (κ3) is 4.27. The monoisotopic (exact) mass is 525 g/mol. The van der Waals surface area contributed by atoms with Gasteiger partial charge >= 0.3 is 5.97 Å². The first-order chi connectivity index (χ1) is 18.0. The average Bonchev–Trinajstić information content (AvgIpc) is 3.35. The number of carbonyl (C=O) groups is 2. The zero-order valence-electron chi connectivity index (χ0n) is 21.1. The van der Waals surface area contributed by atoms with Gasteiger partial charge in [0.15, 0.2) is 17.3 Å². The standard InChI is InChI=1S/C28H26F3N3O4/c1-28(2,3)27(37)38-25-20(35)14-32-34-23(19-11-6-12-33(19)26(36)24(25)34)21(15-7-4-8-16(29)13-15)17-9-5-10-18(30)22(17)31/h4-5,7-10,13-14,19,21,23H,6,11-12H2,1-3H3/t19-,21-,23-/m1/s1. The van der Waals surface area contributed by atoms with E-state index in [-0.39, 0.29) is 11.3 Å². The number of amides is 1. The molecule has 1 saturated heterocycles. The quantitative estimate of drug-likeness (QED) is 0.465. The summed E-state index contributed by atoms with van der Waals surface area (Å²) in [6.07, 6.45) is 2.07. The highest BCUT2D eigenvalue weighted by atomic mass is 19.2. The van der Waals surface area contributed by atoms with Crippen molar-refractivity contribution in [2.45, 2.75) is 51.6 Å². The third-order valence-electron chi connectivity index (χ3n) is 7.08. The minimum absolute atomic E-state index is 0.0542.